The zero-order valence-corrected chi connectivity index (χ0v) is 13.3. The fourth-order valence-corrected chi connectivity index (χ4v) is 2.13. The number of amides is 1. The van der Waals surface area contributed by atoms with Crippen molar-refractivity contribution in [2.24, 2.45) is 0 Å². The first-order chi connectivity index (χ1) is 12.1. The van der Waals surface area contributed by atoms with Crippen LogP contribution in [0.25, 0.3) is 11.3 Å². The van der Waals surface area contributed by atoms with Crippen molar-refractivity contribution in [3.63, 3.8) is 0 Å². The minimum absolute atomic E-state index is 0.134. The van der Waals surface area contributed by atoms with Crippen molar-refractivity contribution in [2.45, 2.75) is 6.92 Å². The van der Waals surface area contributed by atoms with Crippen LogP contribution < -0.4 is 5.32 Å². The molecule has 1 amide bonds. The van der Waals surface area contributed by atoms with E-state index in [0.29, 0.717) is 17.0 Å². The topological polar surface area (TPSA) is 107 Å². The van der Waals surface area contributed by atoms with Gasteiger partial charge >= 0.3 is 5.97 Å². The van der Waals surface area contributed by atoms with Crippen LogP contribution in [0, 0.1) is 6.92 Å². The molecule has 8 heteroatoms. The number of anilines is 1. The largest absolute Gasteiger partial charge is 0.452 e. The average Bonchev–Trinajstić information content (AvgIpc) is 3.03. The SMILES string of the molecule is Cc1onc(-c2ccccc2)c1C(=O)OCC(=O)Nc1ncccn1. The molecule has 0 bridgehead atoms. The van der Waals surface area contributed by atoms with Crippen LogP contribution in [-0.2, 0) is 9.53 Å². The zero-order chi connectivity index (χ0) is 17.6. The van der Waals surface area contributed by atoms with E-state index in [4.69, 9.17) is 9.26 Å². The zero-order valence-electron chi connectivity index (χ0n) is 13.3. The van der Waals surface area contributed by atoms with Crippen LogP contribution in [0.2, 0.25) is 0 Å². The van der Waals surface area contributed by atoms with Crippen LogP contribution in [0.1, 0.15) is 16.1 Å². The number of aryl methyl sites for hydroxylation is 1. The molecule has 0 aliphatic rings. The molecule has 1 aromatic carbocycles. The Bertz CT molecular complexity index is 878. The van der Waals surface area contributed by atoms with Crippen molar-refractivity contribution < 1.29 is 18.8 Å². The normalized spacial score (nSPS) is 10.3. The number of nitrogens with zero attached hydrogens (tertiary/aromatic N) is 3. The number of ether oxygens (including phenoxy) is 1. The minimum Gasteiger partial charge on any atom is -0.452 e. The van der Waals surface area contributed by atoms with Gasteiger partial charge in [-0.05, 0) is 13.0 Å². The maximum Gasteiger partial charge on any atom is 0.344 e. The lowest BCUT2D eigenvalue weighted by molar-refractivity contribution is -0.119. The summed E-state index contributed by atoms with van der Waals surface area (Å²) in [7, 11) is 0. The Morgan fingerprint density at radius 3 is 2.56 bits per heavy atom. The summed E-state index contributed by atoms with van der Waals surface area (Å²) in [6.45, 7) is 1.13. The smallest absolute Gasteiger partial charge is 0.344 e. The quantitative estimate of drug-likeness (QED) is 0.711. The van der Waals surface area contributed by atoms with Crippen LogP contribution in [-0.4, -0.2) is 33.6 Å². The molecule has 2 heterocycles. The third kappa shape index (κ3) is 3.86. The van der Waals surface area contributed by atoms with Crippen LogP contribution >= 0.6 is 0 Å². The molecule has 0 unspecified atom stereocenters. The van der Waals surface area contributed by atoms with Crippen molar-refractivity contribution in [1.29, 1.82) is 0 Å². The van der Waals surface area contributed by atoms with Gasteiger partial charge in [0.25, 0.3) is 5.91 Å². The molecule has 0 spiro atoms. The molecule has 1 N–H and O–H groups in total. The number of carbonyl (C=O) groups excluding carboxylic acids is 2. The van der Waals surface area contributed by atoms with E-state index in [-0.39, 0.29) is 11.5 Å². The highest BCUT2D eigenvalue weighted by Gasteiger charge is 2.23. The van der Waals surface area contributed by atoms with Gasteiger partial charge in [0.05, 0.1) is 0 Å². The van der Waals surface area contributed by atoms with Crippen LogP contribution in [0.15, 0.2) is 53.3 Å². The molecule has 0 aliphatic carbocycles. The average molecular weight is 338 g/mol. The second-order valence-electron chi connectivity index (χ2n) is 5.03. The Kier molecular flexibility index (Phi) is 4.79. The van der Waals surface area contributed by atoms with E-state index in [1.165, 1.54) is 12.4 Å². The summed E-state index contributed by atoms with van der Waals surface area (Å²) in [5.41, 5.74) is 1.28. The molecular formula is C17H14N4O4. The molecule has 3 rings (SSSR count). The molecule has 0 atom stereocenters. The lowest BCUT2D eigenvalue weighted by Crippen LogP contribution is -2.22. The molecule has 0 radical (unpaired) electrons. The van der Waals surface area contributed by atoms with Gasteiger partial charge in [0.2, 0.25) is 5.95 Å². The second-order valence-corrected chi connectivity index (χ2v) is 5.03. The standard InChI is InChI=1S/C17H14N4O4/c1-11-14(15(21-25-11)12-6-3-2-4-7-12)16(23)24-10-13(22)20-17-18-8-5-9-19-17/h2-9H,10H2,1H3,(H,18,19,20,22). The number of nitrogens with one attached hydrogen (secondary N) is 1. The lowest BCUT2D eigenvalue weighted by Gasteiger charge is -2.06. The fourth-order valence-electron chi connectivity index (χ4n) is 2.13. The fraction of sp³-hybridized carbons (Fsp3) is 0.118. The van der Waals surface area contributed by atoms with Gasteiger partial charge in [0, 0.05) is 18.0 Å². The van der Waals surface area contributed by atoms with E-state index in [9.17, 15) is 9.59 Å². The molecule has 0 saturated heterocycles. The number of rotatable bonds is 5. The monoisotopic (exact) mass is 338 g/mol. The maximum absolute atomic E-state index is 12.3. The summed E-state index contributed by atoms with van der Waals surface area (Å²) in [4.78, 5) is 31.9. The Labute approximate surface area is 142 Å². The van der Waals surface area contributed by atoms with Crippen LogP contribution in [0.4, 0.5) is 5.95 Å². The first kappa shape index (κ1) is 16.3. The third-order valence-corrected chi connectivity index (χ3v) is 3.27. The van der Waals surface area contributed by atoms with Gasteiger partial charge in [-0.3, -0.25) is 10.1 Å². The van der Waals surface area contributed by atoms with Gasteiger partial charge in [0.15, 0.2) is 6.61 Å². The van der Waals surface area contributed by atoms with Gasteiger partial charge < -0.3 is 9.26 Å². The maximum atomic E-state index is 12.3. The highest BCUT2D eigenvalue weighted by Crippen LogP contribution is 2.25. The number of esters is 1. The molecule has 0 fully saturated rings. The molecule has 0 saturated carbocycles. The van der Waals surface area contributed by atoms with E-state index in [1.807, 2.05) is 18.2 Å². The summed E-state index contributed by atoms with van der Waals surface area (Å²) in [5.74, 6) is -0.790. The van der Waals surface area contributed by atoms with Crippen molar-refractivity contribution >= 4 is 17.8 Å². The van der Waals surface area contributed by atoms with Gasteiger partial charge in [-0.2, -0.15) is 0 Å². The summed E-state index contributed by atoms with van der Waals surface area (Å²) in [5, 5.41) is 6.33. The van der Waals surface area contributed by atoms with Crippen molar-refractivity contribution in [2.75, 3.05) is 11.9 Å². The minimum atomic E-state index is -0.693. The number of benzene rings is 1. The Morgan fingerprint density at radius 1 is 1.12 bits per heavy atom. The predicted octanol–water partition coefficient (Wildman–Crippen LogP) is 2.24. The first-order valence-corrected chi connectivity index (χ1v) is 7.41. The molecule has 25 heavy (non-hydrogen) atoms. The van der Waals surface area contributed by atoms with E-state index in [2.05, 4.69) is 20.4 Å². The second kappa shape index (κ2) is 7.35. The summed E-state index contributed by atoms with van der Waals surface area (Å²) < 4.78 is 10.2. The number of carbonyl (C=O) groups is 2. The highest BCUT2D eigenvalue weighted by molar-refractivity contribution is 5.99. The molecule has 0 aliphatic heterocycles. The Morgan fingerprint density at radius 2 is 1.84 bits per heavy atom. The lowest BCUT2D eigenvalue weighted by atomic mass is 10.1. The number of aromatic nitrogens is 3. The van der Waals surface area contributed by atoms with E-state index in [1.54, 1.807) is 25.1 Å². The first-order valence-electron chi connectivity index (χ1n) is 7.41. The summed E-state index contributed by atoms with van der Waals surface area (Å²) in [6, 6.07) is 10.7. The van der Waals surface area contributed by atoms with Crippen LogP contribution in [0.5, 0.6) is 0 Å². The van der Waals surface area contributed by atoms with Crippen molar-refractivity contribution in [1.82, 2.24) is 15.1 Å². The summed E-state index contributed by atoms with van der Waals surface area (Å²) in [6.07, 6.45) is 2.97. The van der Waals surface area contributed by atoms with Gasteiger partial charge in [0.1, 0.15) is 17.0 Å². The predicted molar refractivity (Wildman–Crippen MR) is 87.6 cm³/mol. The molecule has 2 aromatic heterocycles. The van der Waals surface area contributed by atoms with E-state index < -0.39 is 18.5 Å². The highest BCUT2D eigenvalue weighted by atomic mass is 16.5. The van der Waals surface area contributed by atoms with Crippen LogP contribution in [0.3, 0.4) is 0 Å². The van der Waals surface area contributed by atoms with E-state index in [0.717, 1.165) is 0 Å². The van der Waals surface area contributed by atoms with Gasteiger partial charge in [-0.25, -0.2) is 14.8 Å². The Hall–Kier alpha value is -3.55. The number of hydrogen-bond acceptors (Lipinski definition) is 7. The number of hydrogen-bond donors (Lipinski definition) is 1. The van der Waals surface area contributed by atoms with Gasteiger partial charge in [-0.15, -0.1) is 0 Å². The molecule has 3 aromatic rings. The molecular weight excluding hydrogens is 324 g/mol. The molecule has 8 nitrogen and oxygen atoms in total. The van der Waals surface area contributed by atoms with Crippen molar-refractivity contribution in [3.8, 4) is 11.3 Å². The van der Waals surface area contributed by atoms with Gasteiger partial charge in [-0.1, -0.05) is 35.5 Å². The van der Waals surface area contributed by atoms with Crippen molar-refractivity contribution in [3.05, 3.63) is 60.1 Å². The third-order valence-electron chi connectivity index (χ3n) is 3.27. The Balaban J connectivity index is 1.68. The molecule has 126 valence electrons. The van der Waals surface area contributed by atoms with E-state index >= 15 is 0 Å². The summed E-state index contributed by atoms with van der Waals surface area (Å²) >= 11 is 0.